The summed E-state index contributed by atoms with van der Waals surface area (Å²) in [6.45, 7) is 5.08. The van der Waals surface area contributed by atoms with Crippen LogP contribution in [0.5, 0.6) is 0 Å². The molecule has 1 aliphatic heterocycles. The van der Waals surface area contributed by atoms with E-state index in [2.05, 4.69) is 36.2 Å². The predicted molar refractivity (Wildman–Crippen MR) is 77.9 cm³/mol. The molecule has 4 heteroatoms. The molecule has 1 heterocycles. The minimum absolute atomic E-state index is 0.473. The molecule has 0 spiro atoms. The predicted octanol–water partition coefficient (Wildman–Crippen LogP) is 2.67. The van der Waals surface area contributed by atoms with Gasteiger partial charge in [0.1, 0.15) is 0 Å². The SMILES string of the molecule is CB(O)Nc1cccc(C)c1C1CCCCN1C. The molecule has 0 saturated carbocycles. The number of anilines is 1. The van der Waals surface area contributed by atoms with Gasteiger partial charge in [-0.3, -0.25) is 4.90 Å². The maximum Gasteiger partial charge on any atom is 0.406 e. The van der Waals surface area contributed by atoms with Crippen LogP contribution in [0.2, 0.25) is 6.82 Å². The van der Waals surface area contributed by atoms with Gasteiger partial charge in [-0.1, -0.05) is 18.6 Å². The first-order chi connectivity index (χ1) is 8.59. The van der Waals surface area contributed by atoms with E-state index in [-0.39, 0.29) is 0 Å². The molecule has 0 aromatic heterocycles. The van der Waals surface area contributed by atoms with Crippen LogP contribution in [-0.2, 0) is 0 Å². The van der Waals surface area contributed by atoms with Gasteiger partial charge in [0.25, 0.3) is 0 Å². The van der Waals surface area contributed by atoms with Crippen molar-refractivity contribution in [2.45, 2.75) is 39.1 Å². The first kappa shape index (κ1) is 13.4. The highest BCUT2D eigenvalue weighted by Crippen LogP contribution is 2.36. The van der Waals surface area contributed by atoms with Gasteiger partial charge in [-0.2, -0.15) is 0 Å². The van der Waals surface area contributed by atoms with Gasteiger partial charge in [-0.25, -0.2) is 0 Å². The molecule has 3 nitrogen and oxygen atoms in total. The van der Waals surface area contributed by atoms with Gasteiger partial charge in [-0.15, -0.1) is 0 Å². The van der Waals surface area contributed by atoms with E-state index in [1.54, 1.807) is 6.82 Å². The van der Waals surface area contributed by atoms with Crippen molar-refractivity contribution in [1.82, 2.24) is 4.90 Å². The Morgan fingerprint density at radius 3 is 2.83 bits per heavy atom. The van der Waals surface area contributed by atoms with Crippen LogP contribution in [0.15, 0.2) is 18.2 Å². The molecule has 1 aromatic rings. The van der Waals surface area contributed by atoms with Crippen molar-refractivity contribution in [3.05, 3.63) is 29.3 Å². The number of rotatable bonds is 3. The smallest absolute Gasteiger partial charge is 0.406 e. The van der Waals surface area contributed by atoms with Crippen molar-refractivity contribution >= 4 is 12.7 Å². The Balaban J connectivity index is 2.34. The molecule has 0 aliphatic carbocycles. The first-order valence-corrected chi connectivity index (χ1v) is 6.84. The minimum atomic E-state index is -0.514. The Morgan fingerprint density at radius 1 is 1.39 bits per heavy atom. The van der Waals surface area contributed by atoms with Gasteiger partial charge in [0.2, 0.25) is 0 Å². The monoisotopic (exact) mass is 246 g/mol. The second-order valence-corrected chi connectivity index (χ2v) is 5.35. The summed E-state index contributed by atoms with van der Waals surface area (Å²) in [5, 5.41) is 12.7. The fourth-order valence-corrected chi connectivity index (χ4v) is 2.91. The van der Waals surface area contributed by atoms with E-state index in [0.29, 0.717) is 6.04 Å². The lowest BCUT2D eigenvalue weighted by Crippen LogP contribution is -2.31. The topological polar surface area (TPSA) is 35.5 Å². The van der Waals surface area contributed by atoms with E-state index in [4.69, 9.17) is 0 Å². The van der Waals surface area contributed by atoms with E-state index in [1.165, 1.54) is 30.4 Å². The van der Waals surface area contributed by atoms with E-state index in [0.717, 1.165) is 12.2 Å². The number of nitrogens with one attached hydrogen (secondary N) is 1. The van der Waals surface area contributed by atoms with E-state index < -0.39 is 7.05 Å². The largest absolute Gasteiger partial charge is 0.433 e. The Labute approximate surface area is 110 Å². The van der Waals surface area contributed by atoms with Crippen molar-refractivity contribution in [3.63, 3.8) is 0 Å². The molecule has 1 saturated heterocycles. The summed E-state index contributed by atoms with van der Waals surface area (Å²) in [5.41, 5.74) is 3.73. The lowest BCUT2D eigenvalue weighted by Gasteiger charge is -2.35. The molecule has 0 amide bonds. The van der Waals surface area contributed by atoms with Crippen LogP contribution in [0.4, 0.5) is 5.69 Å². The van der Waals surface area contributed by atoms with Gasteiger partial charge in [0.05, 0.1) is 0 Å². The summed E-state index contributed by atoms with van der Waals surface area (Å²) in [5.74, 6) is 0. The summed E-state index contributed by atoms with van der Waals surface area (Å²) >= 11 is 0. The molecule has 1 aliphatic rings. The number of benzene rings is 1. The molecule has 98 valence electrons. The van der Waals surface area contributed by atoms with Crippen molar-refractivity contribution in [2.75, 3.05) is 18.8 Å². The molecule has 0 bridgehead atoms. The van der Waals surface area contributed by atoms with Crippen LogP contribution < -0.4 is 5.23 Å². The molecule has 18 heavy (non-hydrogen) atoms. The molecule has 2 rings (SSSR count). The Bertz CT molecular complexity index is 409. The Morgan fingerprint density at radius 2 is 2.17 bits per heavy atom. The van der Waals surface area contributed by atoms with Gasteiger partial charge >= 0.3 is 7.05 Å². The van der Waals surface area contributed by atoms with Crippen LogP contribution in [-0.4, -0.2) is 30.6 Å². The van der Waals surface area contributed by atoms with Crippen LogP contribution >= 0.6 is 0 Å². The van der Waals surface area contributed by atoms with Crippen molar-refractivity contribution < 1.29 is 5.02 Å². The van der Waals surface area contributed by atoms with Crippen molar-refractivity contribution in [3.8, 4) is 0 Å². The molecule has 1 atom stereocenters. The van der Waals surface area contributed by atoms with Crippen LogP contribution in [0.3, 0.4) is 0 Å². The number of likely N-dealkylation sites (tertiary alicyclic amines) is 1. The Hall–Kier alpha value is -0.995. The summed E-state index contributed by atoms with van der Waals surface area (Å²) in [6, 6.07) is 6.75. The standard InChI is InChI=1S/C14H23BN2O/c1-11-7-6-8-12(16-15(2)18)14(11)13-9-4-5-10-17(13)3/h6-8,13,16,18H,4-5,9-10H2,1-3H3. The highest BCUT2D eigenvalue weighted by Gasteiger charge is 2.24. The normalized spacial score (nSPS) is 20.8. The minimum Gasteiger partial charge on any atom is -0.433 e. The van der Waals surface area contributed by atoms with Gasteiger partial charge in [-0.05, 0) is 57.4 Å². The third-order valence-electron chi connectivity index (χ3n) is 3.79. The van der Waals surface area contributed by atoms with Crippen molar-refractivity contribution in [2.24, 2.45) is 0 Å². The van der Waals surface area contributed by atoms with Crippen LogP contribution in [0.1, 0.15) is 36.4 Å². The highest BCUT2D eigenvalue weighted by atomic mass is 16.2. The fraction of sp³-hybridized carbons (Fsp3) is 0.571. The first-order valence-electron chi connectivity index (χ1n) is 6.84. The Kier molecular flexibility index (Phi) is 4.30. The highest BCUT2D eigenvalue weighted by molar-refractivity contribution is 6.52. The van der Waals surface area contributed by atoms with E-state index >= 15 is 0 Å². The van der Waals surface area contributed by atoms with E-state index in [1.807, 2.05) is 6.07 Å². The maximum absolute atomic E-state index is 9.56. The number of nitrogens with zero attached hydrogens (tertiary/aromatic N) is 1. The summed E-state index contributed by atoms with van der Waals surface area (Å²) in [4.78, 5) is 2.43. The molecule has 1 aromatic carbocycles. The van der Waals surface area contributed by atoms with Gasteiger partial charge in [0.15, 0.2) is 0 Å². The average molecular weight is 246 g/mol. The second kappa shape index (κ2) is 5.76. The lowest BCUT2D eigenvalue weighted by molar-refractivity contribution is 0.187. The van der Waals surface area contributed by atoms with E-state index in [9.17, 15) is 5.02 Å². The molecule has 1 unspecified atom stereocenters. The fourth-order valence-electron chi connectivity index (χ4n) is 2.91. The van der Waals surface area contributed by atoms with Gasteiger partial charge < -0.3 is 10.3 Å². The quantitative estimate of drug-likeness (QED) is 0.805. The molecular weight excluding hydrogens is 223 g/mol. The molecule has 0 radical (unpaired) electrons. The molecular formula is C14H23BN2O. The van der Waals surface area contributed by atoms with Crippen LogP contribution in [0, 0.1) is 6.92 Å². The molecule has 2 N–H and O–H groups in total. The average Bonchev–Trinajstić information content (AvgIpc) is 2.30. The zero-order chi connectivity index (χ0) is 13.1. The summed E-state index contributed by atoms with van der Waals surface area (Å²) in [6.07, 6.45) is 3.78. The number of hydrogen-bond acceptors (Lipinski definition) is 3. The lowest BCUT2D eigenvalue weighted by atomic mass is 9.85. The zero-order valence-corrected chi connectivity index (χ0v) is 11.6. The summed E-state index contributed by atoms with van der Waals surface area (Å²) in [7, 11) is 1.68. The third-order valence-corrected chi connectivity index (χ3v) is 3.79. The van der Waals surface area contributed by atoms with Crippen LogP contribution in [0.25, 0.3) is 0 Å². The molecule has 1 fully saturated rings. The summed E-state index contributed by atoms with van der Waals surface area (Å²) < 4.78 is 0. The third kappa shape index (κ3) is 2.87. The second-order valence-electron chi connectivity index (χ2n) is 5.35. The number of aryl methyl sites for hydroxylation is 1. The van der Waals surface area contributed by atoms with Crippen molar-refractivity contribution in [1.29, 1.82) is 0 Å². The van der Waals surface area contributed by atoms with Gasteiger partial charge in [0, 0.05) is 11.7 Å². The number of piperidine rings is 1. The zero-order valence-electron chi connectivity index (χ0n) is 11.6. The number of hydrogen-bond donors (Lipinski definition) is 2. The maximum atomic E-state index is 9.56.